The number of likely N-dealkylation sites (N-methyl/N-ethyl adjacent to an activating group) is 1. The summed E-state index contributed by atoms with van der Waals surface area (Å²) in [4.78, 5) is 27.6. The molecule has 2 aromatic carbocycles. The van der Waals surface area contributed by atoms with Gasteiger partial charge in [-0.1, -0.05) is 30.0 Å². The number of hydrogen-bond acceptors (Lipinski definition) is 4. The monoisotopic (exact) mass is 386 g/mol. The molecule has 1 aliphatic rings. The lowest BCUT2D eigenvalue weighted by atomic mass is 10.1. The van der Waals surface area contributed by atoms with E-state index >= 15 is 0 Å². The molecule has 3 rings (SSSR count). The Balaban J connectivity index is 1.87. The SMILES string of the molecule is COCCNC(=O)c1ccc2c(c1)N(C)C(=O)/C(=C/c1ccccc1F)S2. The van der Waals surface area contributed by atoms with Crippen LogP contribution in [-0.4, -0.2) is 39.1 Å². The van der Waals surface area contributed by atoms with E-state index in [-0.39, 0.29) is 17.6 Å². The van der Waals surface area contributed by atoms with Crippen LogP contribution in [0.15, 0.2) is 52.3 Å². The number of benzene rings is 2. The van der Waals surface area contributed by atoms with Crippen LogP contribution < -0.4 is 10.2 Å². The van der Waals surface area contributed by atoms with Crippen LogP contribution in [0.3, 0.4) is 0 Å². The molecule has 0 aliphatic carbocycles. The van der Waals surface area contributed by atoms with Crippen LogP contribution in [0, 0.1) is 5.82 Å². The molecule has 5 nitrogen and oxygen atoms in total. The summed E-state index contributed by atoms with van der Waals surface area (Å²) >= 11 is 1.27. The second-order valence-corrected chi connectivity index (χ2v) is 7.01. The van der Waals surface area contributed by atoms with E-state index in [9.17, 15) is 14.0 Å². The molecule has 0 unspecified atom stereocenters. The van der Waals surface area contributed by atoms with Crippen molar-refractivity contribution >= 4 is 35.3 Å². The number of amides is 2. The molecule has 140 valence electrons. The van der Waals surface area contributed by atoms with E-state index in [4.69, 9.17) is 4.74 Å². The number of ether oxygens (including phenoxy) is 1. The van der Waals surface area contributed by atoms with Gasteiger partial charge in [0.25, 0.3) is 11.8 Å². The van der Waals surface area contributed by atoms with E-state index in [1.54, 1.807) is 56.6 Å². The van der Waals surface area contributed by atoms with E-state index in [0.29, 0.717) is 34.9 Å². The number of hydrogen-bond donors (Lipinski definition) is 1. The van der Waals surface area contributed by atoms with Crippen molar-refractivity contribution in [2.24, 2.45) is 0 Å². The van der Waals surface area contributed by atoms with Crippen molar-refractivity contribution in [2.75, 3.05) is 32.2 Å². The molecule has 0 fully saturated rings. The first-order valence-electron chi connectivity index (χ1n) is 8.34. The number of fused-ring (bicyclic) bond motifs is 1. The van der Waals surface area contributed by atoms with Crippen LogP contribution in [0.2, 0.25) is 0 Å². The van der Waals surface area contributed by atoms with Crippen molar-refractivity contribution in [2.45, 2.75) is 4.90 Å². The van der Waals surface area contributed by atoms with Crippen molar-refractivity contribution in [3.05, 3.63) is 64.3 Å². The molecule has 7 heteroatoms. The van der Waals surface area contributed by atoms with Gasteiger partial charge in [-0.25, -0.2) is 4.39 Å². The number of thioether (sulfide) groups is 1. The minimum atomic E-state index is -0.380. The zero-order valence-electron chi connectivity index (χ0n) is 15.0. The molecule has 1 aliphatic heterocycles. The number of methoxy groups -OCH3 is 1. The zero-order valence-corrected chi connectivity index (χ0v) is 15.8. The third kappa shape index (κ3) is 4.20. The van der Waals surface area contributed by atoms with Crippen LogP contribution in [0.1, 0.15) is 15.9 Å². The van der Waals surface area contributed by atoms with Crippen molar-refractivity contribution in [1.82, 2.24) is 5.32 Å². The Morgan fingerprint density at radius 1 is 1.30 bits per heavy atom. The number of carbonyl (C=O) groups excluding carboxylic acids is 2. The maximum atomic E-state index is 13.9. The normalized spacial score (nSPS) is 15.0. The molecule has 27 heavy (non-hydrogen) atoms. The first-order chi connectivity index (χ1) is 13.0. The lowest BCUT2D eigenvalue weighted by Gasteiger charge is -2.27. The average Bonchev–Trinajstić information content (AvgIpc) is 2.67. The van der Waals surface area contributed by atoms with Crippen LogP contribution in [0.4, 0.5) is 10.1 Å². The molecule has 0 saturated heterocycles. The van der Waals surface area contributed by atoms with E-state index < -0.39 is 0 Å². The van der Waals surface area contributed by atoms with E-state index in [1.807, 2.05) is 0 Å². The summed E-state index contributed by atoms with van der Waals surface area (Å²) in [5, 5.41) is 2.75. The fraction of sp³-hybridized carbons (Fsp3) is 0.200. The van der Waals surface area contributed by atoms with E-state index in [1.165, 1.54) is 22.7 Å². The summed E-state index contributed by atoms with van der Waals surface area (Å²) in [5.74, 6) is -0.851. The predicted molar refractivity (Wildman–Crippen MR) is 104 cm³/mol. The van der Waals surface area contributed by atoms with Gasteiger partial charge in [-0.2, -0.15) is 0 Å². The maximum Gasteiger partial charge on any atom is 0.264 e. The molecule has 0 atom stereocenters. The van der Waals surface area contributed by atoms with Crippen molar-refractivity contribution in [3.8, 4) is 0 Å². The highest BCUT2D eigenvalue weighted by molar-refractivity contribution is 8.04. The van der Waals surface area contributed by atoms with Crippen molar-refractivity contribution in [3.63, 3.8) is 0 Å². The molecule has 2 aromatic rings. The Kier molecular flexibility index (Phi) is 5.93. The summed E-state index contributed by atoms with van der Waals surface area (Å²) < 4.78 is 18.8. The highest BCUT2D eigenvalue weighted by Crippen LogP contribution is 2.42. The summed E-state index contributed by atoms with van der Waals surface area (Å²) in [6.07, 6.45) is 1.55. The minimum absolute atomic E-state index is 0.228. The summed E-state index contributed by atoms with van der Waals surface area (Å²) in [7, 11) is 3.21. The van der Waals surface area contributed by atoms with Gasteiger partial charge in [0.15, 0.2) is 0 Å². The Morgan fingerprint density at radius 3 is 2.81 bits per heavy atom. The lowest BCUT2D eigenvalue weighted by Crippen LogP contribution is -2.31. The number of halogens is 1. The molecular weight excluding hydrogens is 367 g/mol. The Hall–Kier alpha value is -2.64. The molecule has 0 saturated carbocycles. The topological polar surface area (TPSA) is 58.6 Å². The molecular formula is C20H19FN2O3S. The number of carbonyl (C=O) groups is 2. The fourth-order valence-electron chi connectivity index (χ4n) is 2.64. The number of nitrogens with zero attached hydrogens (tertiary/aromatic N) is 1. The molecule has 0 aromatic heterocycles. The number of anilines is 1. The molecule has 1 heterocycles. The third-order valence-electron chi connectivity index (χ3n) is 4.10. The standard InChI is InChI=1S/C20H19FN2O3S/c1-23-16-11-14(19(24)22-9-10-26-2)7-8-17(16)27-18(20(23)25)12-13-5-3-4-6-15(13)21/h3-8,11-12H,9-10H2,1-2H3,(H,22,24)/b18-12-. The summed E-state index contributed by atoms with van der Waals surface area (Å²) in [6, 6.07) is 11.5. The second-order valence-electron chi connectivity index (χ2n) is 5.93. The Bertz CT molecular complexity index is 914. The van der Waals surface area contributed by atoms with Crippen molar-refractivity contribution < 1.29 is 18.7 Å². The number of nitrogens with one attached hydrogen (secondary N) is 1. The molecule has 0 bridgehead atoms. The second kappa shape index (κ2) is 8.37. The van der Waals surface area contributed by atoms with Gasteiger partial charge in [-0.15, -0.1) is 0 Å². The van der Waals surface area contributed by atoms with Gasteiger partial charge in [0, 0.05) is 36.7 Å². The fourth-order valence-corrected chi connectivity index (χ4v) is 3.72. The van der Waals surface area contributed by atoms with Crippen LogP contribution in [0.5, 0.6) is 0 Å². The Labute approximate surface area is 161 Å². The average molecular weight is 386 g/mol. The van der Waals surface area contributed by atoms with E-state index in [2.05, 4.69) is 5.32 Å². The molecule has 0 spiro atoms. The predicted octanol–water partition coefficient (Wildman–Crippen LogP) is 3.31. The first-order valence-corrected chi connectivity index (χ1v) is 9.16. The van der Waals surface area contributed by atoms with Crippen LogP contribution >= 0.6 is 11.8 Å². The minimum Gasteiger partial charge on any atom is -0.383 e. The van der Waals surface area contributed by atoms with Gasteiger partial charge >= 0.3 is 0 Å². The maximum absolute atomic E-state index is 13.9. The lowest BCUT2D eigenvalue weighted by molar-refractivity contribution is -0.114. The third-order valence-corrected chi connectivity index (χ3v) is 5.18. The van der Waals surface area contributed by atoms with Crippen LogP contribution in [-0.2, 0) is 9.53 Å². The van der Waals surface area contributed by atoms with Gasteiger partial charge in [-0.3, -0.25) is 9.59 Å². The first kappa shape index (κ1) is 19.1. The summed E-state index contributed by atoms with van der Waals surface area (Å²) in [6.45, 7) is 0.834. The highest BCUT2D eigenvalue weighted by Gasteiger charge is 2.27. The quantitative estimate of drug-likeness (QED) is 0.633. The van der Waals surface area contributed by atoms with Crippen molar-refractivity contribution in [1.29, 1.82) is 0 Å². The zero-order chi connectivity index (χ0) is 19.4. The van der Waals surface area contributed by atoms with Crippen LogP contribution in [0.25, 0.3) is 6.08 Å². The van der Waals surface area contributed by atoms with Gasteiger partial charge in [0.2, 0.25) is 0 Å². The van der Waals surface area contributed by atoms with Gasteiger partial charge in [0.05, 0.1) is 17.2 Å². The number of rotatable bonds is 5. The smallest absolute Gasteiger partial charge is 0.264 e. The van der Waals surface area contributed by atoms with E-state index in [0.717, 1.165) is 4.90 Å². The van der Waals surface area contributed by atoms with Gasteiger partial charge in [0.1, 0.15) is 5.82 Å². The van der Waals surface area contributed by atoms with Gasteiger partial charge < -0.3 is 15.0 Å². The molecule has 2 amide bonds. The largest absolute Gasteiger partial charge is 0.383 e. The molecule has 1 N–H and O–H groups in total. The summed E-state index contributed by atoms with van der Waals surface area (Å²) in [5.41, 5.74) is 1.47. The van der Waals surface area contributed by atoms with Gasteiger partial charge in [-0.05, 0) is 30.3 Å². The Morgan fingerprint density at radius 2 is 2.07 bits per heavy atom. The molecule has 0 radical (unpaired) electrons. The highest BCUT2D eigenvalue weighted by atomic mass is 32.2.